The summed E-state index contributed by atoms with van der Waals surface area (Å²) in [6.07, 6.45) is 0. The van der Waals surface area contributed by atoms with Gasteiger partial charge in [0.05, 0.1) is 0 Å². The predicted molar refractivity (Wildman–Crippen MR) is 25.7 cm³/mol. The third-order valence-corrected chi connectivity index (χ3v) is 0.957. The summed E-state index contributed by atoms with van der Waals surface area (Å²) in [5.74, 6) is 0. The molecule has 46 valence electrons. The van der Waals surface area contributed by atoms with E-state index < -0.39 is 0 Å². The summed E-state index contributed by atoms with van der Waals surface area (Å²) in [7, 11) is 0. The summed E-state index contributed by atoms with van der Waals surface area (Å²) in [5, 5.41) is 6.44. The molecule has 1 saturated heterocycles. The first kappa shape index (κ1) is 7.61. The maximum atomic E-state index is 3.22. The Labute approximate surface area is 58.3 Å². The Morgan fingerprint density at radius 1 is 0.714 bits per heavy atom. The van der Waals surface area contributed by atoms with E-state index in [-0.39, 0.29) is 21.1 Å². The molecule has 2 N–H and O–H groups in total. The molecule has 0 amide bonds. The van der Waals surface area contributed by atoms with Crippen molar-refractivity contribution in [2.75, 3.05) is 26.2 Å². The first-order valence-corrected chi connectivity index (χ1v) is 2.41. The van der Waals surface area contributed by atoms with Crippen LogP contribution in [-0.2, 0) is 21.1 Å². The monoisotopic (exact) mass is 281 g/mol. The topological polar surface area (TPSA) is 24.1 Å². The van der Waals surface area contributed by atoms with E-state index in [2.05, 4.69) is 10.6 Å². The number of nitrogens with one attached hydrogen (secondary N) is 2. The Hall–Kier alpha value is 0.608. The van der Waals surface area contributed by atoms with Crippen LogP contribution in [0.25, 0.3) is 0 Å². The van der Waals surface area contributed by atoms with Crippen molar-refractivity contribution in [1.82, 2.24) is 10.6 Å². The average Bonchev–Trinajstić information content (AvgIpc) is 1.72. The van der Waals surface area contributed by atoms with E-state index in [4.69, 9.17) is 0 Å². The normalized spacial score (nSPS) is 20.6. The van der Waals surface area contributed by atoms with Crippen molar-refractivity contribution < 1.29 is 21.1 Å². The summed E-state index contributed by atoms with van der Waals surface area (Å²) in [4.78, 5) is 0. The number of hydrogen-bond acceptors (Lipinski definition) is 2. The molecule has 0 unspecified atom stereocenters. The molecule has 0 saturated carbocycles. The molecular formula is C4H10N2Pt. The van der Waals surface area contributed by atoms with Gasteiger partial charge in [-0.25, -0.2) is 0 Å². The largest absolute Gasteiger partial charge is 0.314 e. The molecule has 0 aromatic carbocycles. The molecule has 1 rings (SSSR count). The van der Waals surface area contributed by atoms with Gasteiger partial charge in [0.1, 0.15) is 0 Å². The van der Waals surface area contributed by atoms with E-state index in [1.807, 2.05) is 0 Å². The summed E-state index contributed by atoms with van der Waals surface area (Å²) in [5.41, 5.74) is 0. The van der Waals surface area contributed by atoms with Gasteiger partial charge in [-0.3, -0.25) is 0 Å². The van der Waals surface area contributed by atoms with Gasteiger partial charge < -0.3 is 10.6 Å². The smallest absolute Gasteiger partial charge is 0.00772 e. The Morgan fingerprint density at radius 2 is 1.00 bits per heavy atom. The first-order valence-electron chi connectivity index (χ1n) is 2.41. The van der Waals surface area contributed by atoms with E-state index in [0.29, 0.717) is 0 Å². The molecule has 7 heavy (non-hydrogen) atoms. The van der Waals surface area contributed by atoms with Gasteiger partial charge in [0, 0.05) is 47.2 Å². The standard InChI is InChI=1S/C4H10N2.Pt/c1-2-6-4-3-5-1;/h5-6H,1-4H2;. The van der Waals surface area contributed by atoms with E-state index >= 15 is 0 Å². The molecule has 3 heteroatoms. The first-order chi connectivity index (χ1) is 3.00. The number of rotatable bonds is 0. The van der Waals surface area contributed by atoms with Crippen LogP contribution in [0.3, 0.4) is 0 Å². The third-order valence-electron chi connectivity index (χ3n) is 0.957. The van der Waals surface area contributed by atoms with E-state index in [1.54, 1.807) is 0 Å². The van der Waals surface area contributed by atoms with Gasteiger partial charge in [0.2, 0.25) is 0 Å². The van der Waals surface area contributed by atoms with Crippen LogP contribution in [0, 0.1) is 0 Å². The van der Waals surface area contributed by atoms with Crippen LogP contribution < -0.4 is 10.6 Å². The Kier molecular flexibility index (Phi) is 5.17. The van der Waals surface area contributed by atoms with E-state index in [9.17, 15) is 0 Å². The van der Waals surface area contributed by atoms with Gasteiger partial charge in [0.15, 0.2) is 0 Å². The fourth-order valence-corrected chi connectivity index (χ4v) is 0.604. The van der Waals surface area contributed by atoms with Crippen LogP contribution in [0.2, 0.25) is 0 Å². The van der Waals surface area contributed by atoms with Gasteiger partial charge in [0.25, 0.3) is 0 Å². The fourth-order valence-electron chi connectivity index (χ4n) is 0.604. The summed E-state index contributed by atoms with van der Waals surface area (Å²) in [6, 6.07) is 0. The maximum Gasteiger partial charge on any atom is 0.00772 e. The maximum absolute atomic E-state index is 3.22. The van der Waals surface area contributed by atoms with Crippen molar-refractivity contribution in [3.63, 3.8) is 0 Å². The summed E-state index contributed by atoms with van der Waals surface area (Å²) < 4.78 is 0. The Balaban J connectivity index is 0.000000360. The minimum absolute atomic E-state index is 0. The number of piperazine rings is 1. The predicted octanol–water partition coefficient (Wildman–Crippen LogP) is -0.823. The molecule has 1 aliphatic rings. The quantitative estimate of drug-likeness (QED) is 0.606. The van der Waals surface area contributed by atoms with Crippen molar-refractivity contribution in [3.05, 3.63) is 0 Å². The average molecular weight is 281 g/mol. The van der Waals surface area contributed by atoms with Crippen molar-refractivity contribution in [1.29, 1.82) is 0 Å². The Morgan fingerprint density at radius 3 is 1.14 bits per heavy atom. The second-order valence-corrected chi connectivity index (χ2v) is 1.50. The molecule has 0 aliphatic carbocycles. The van der Waals surface area contributed by atoms with Crippen LogP contribution in [0.5, 0.6) is 0 Å². The van der Waals surface area contributed by atoms with Crippen LogP contribution in [0.4, 0.5) is 0 Å². The van der Waals surface area contributed by atoms with Crippen molar-refractivity contribution in [2.24, 2.45) is 0 Å². The molecule has 2 nitrogen and oxygen atoms in total. The molecule has 1 aliphatic heterocycles. The molecule has 1 fully saturated rings. The van der Waals surface area contributed by atoms with Crippen molar-refractivity contribution in [3.8, 4) is 0 Å². The third kappa shape index (κ3) is 3.21. The van der Waals surface area contributed by atoms with Crippen LogP contribution in [0.15, 0.2) is 0 Å². The van der Waals surface area contributed by atoms with Crippen LogP contribution in [-0.4, -0.2) is 26.2 Å². The molecule has 0 radical (unpaired) electrons. The minimum atomic E-state index is 0. The van der Waals surface area contributed by atoms with Crippen LogP contribution in [0.1, 0.15) is 0 Å². The van der Waals surface area contributed by atoms with E-state index in [0.717, 1.165) is 26.2 Å². The zero-order valence-electron chi connectivity index (χ0n) is 4.14. The summed E-state index contributed by atoms with van der Waals surface area (Å²) in [6.45, 7) is 4.56. The minimum Gasteiger partial charge on any atom is -0.314 e. The molecule has 0 aromatic rings. The van der Waals surface area contributed by atoms with Crippen molar-refractivity contribution in [2.45, 2.75) is 0 Å². The SMILES string of the molecule is C1CNCCN1.[Pt]. The summed E-state index contributed by atoms with van der Waals surface area (Å²) >= 11 is 0. The second-order valence-electron chi connectivity index (χ2n) is 1.50. The molecular weight excluding hydrogens is 271 g/mol. The zero-order chi connectivity index (χ0) is 4.24. The van der Waals surface area contributed by atoms with Crippen molar-refractivity contribution >= 4 is 0 Å². The Bertz CT molecular complexity index is 25.2. The second kappa shape index (κ2) is 4.76. The van der Waals surface area contributed by atoms with Gasteiger partial charge in [-0.2, -0.15) is 0 Å². The van der Waals surface area contributed by atoms with Gasteiger partial charge >= 0.3 is 0 Å². The fraction of sp³-hybridized carbons (Fsp3) is 1.00. The van der Waals surface area contributed by atoms with Gasteiger partial charge in [-0.05, 0) is 0 Å². The molecule has 0 bridgehead atoms. The van der Waals surface area contributed by atoms with Crippen LogP contribution >= 0.6 is 0 Å². The molecule has 0 atom stereocenters. The van der Waals surface area contributed by atoms with Gasteiger partial charge in [-0.1, -0.05) is 0 Å². The van der Waals surface area contributed by atoms with E-state index in [1.165, 1.54) is 0 Å². The molecule has 0 aromatic heterocycles. The number of hydrogen-bond donors (Lipinski definition) is 2. The zero-order valence-corrected chi connectivity index (χ0v) is 6.42. The van der Waals surface area contributed by atoms with Gasteiger partial charge in [-0.15, -0.1) is 0 Å². The molecule has 0 spiro atoms. The molecule has 1 heterocycles.